The fourth-order valence-electron chi connectivity index (χ4n) is 3.05. The van der Waals surface area contributed by atoms with Gasteiger partial charge >= 0.3 is 6.18 Å². The van der Waals surface area contributed by atoms with E-state index in [1.807, 2.05) is 0 Å². The van der Waals surface area contributed by atoms with Crippen LogP contribution < -0.4 is 5.32 Å². The lowest BCUT2D eigenvalue weighted by Crippen LogP contribution is -2.29. The van der Waals surface area contributed by atoms with E-state index in [1.54, 1.807) is 43.3 Å². The van der Waals surface area contributed by atoms with Crippen LogP contribution in [-0.2, 0) is 11.2 Å². The zero-order chi connectivity index (χ0) is 20.3. The van der Waals surface area contributed by atoms with E-state index in [0.29, 0.717) is 16.6 Å². The van der Waals surface area contributed by atoms with Crippen molar-refractivity contribution in [2.24, 2.45) is 5.92 Å². The zero-order valence-corrected chi connectivity index (χ0v) is 15.1. The number of nitrogens with zero attached hydrogens (tertiary/aromatic N) is 1. The molecular weight excluding hydrogens is 372 g/mol. The first-order valence-corrected chi connectivity index (χ1v) is 8.70. The summed E-state index contributed by atoms with van der Waals surface area (Å²) in [7, 11) is 0. The van der Waals surface area contributed by atoms with Crippen LogP contribution in [0.25, 0.3) is 10.9 Å². The first-order valence-electron chi connectivity index (χ1n) is 8.70. The van der Waals surface area contributed by atoms with E-state index in [1.165, 1.54) is 18.2 Å². The molecule has 1 heterocycles. The molecule has 0 aliphatic rings. The molecule has 0 radical (unpaired) electrons. The minimum Gasteiger partial charge on any atom is -0.324 e. The standard InChI is InChI=1S/C21H18F4N2O/c1-13-18(11-15-8-5-9-17(22)19(15)26-13)27-20(28)16(12-21(23,24)25)10-14-6-3-2-4-7-14/h2-9,11,16H,10,12H2,1H3,(H,27,28). The summed E-state index contributed by atoms with van der Waals surface area (Å²) in [4.78, 5) is 16.8. The molecule has 3 rings (SSSR count). The van der Waals surface area contributed by atoms with Crippen molar-refractivity contribution in [3.05, 3.63) is 71.7 Å². The van der Waals surface area contributed by atoms with Crippen LogP contribution in [0.2, 0.25) is 0 Å². The van der Waals surface area contributed by atoms with Crippen LogP contribution in [0.5, 0.6) is 0 Å². The number of aromatic nitrogens is 1. The van der Waals surface area contributed by atoms with Crippen LogP contribution in [0.1, 0.15) is 17.7 Å². The number of carbonyl (C=O) groups is 1. The minimum absolute atomic E-state index is 0.0408. The largest absolute Gasteiger partial charge is 0.389 e. The molecule has 0 aliphatic carbocycles. The van der Waals surface area contributed by atoms with E-state index in [0.717, 1.165) is 0 Å². The smallest absolute Gasteiger partial charge is 0.324 e. The predicted octanol–water partition coefficient (Wildman–Crippen LogP) is 5.43. The summed E-state index contributed by atoms with van der Waals surface area (Å²) in [6, 6.07) is 14.5. The van der Waals surface area contributed by atoms with Gasteiger partial charge in [0, 0.05) is 5.39 Å². The summed E-state index contributed by atoms with van der Waals surface area (Å²) in [5.41, 5.74) is 1.39. The van der Waals surface area contributed by atoms with Gasteiger partial charge in [0.05, 0.1) is 23.7 Å². The highest BCUT2D eigenvalue weighted by molar-refractivity contribution is 5.95. The van der Waals surface area contributed by atoms with Crippen LogP contribution in [-0.4, -0.2) is 17.1 Å². The third-order valence-electron chi connectivity index (χ3n) is 4.42. The van der Waals surface area contributed by atoms with Crippen molar-refractivity contribution in [1.82, 2.24) is 4.98 Å². The summed E-state index contributed by atoms with van der Waals surface area (Å²) in [6.07, 6.45) is -5.75. The number of amides is 1. The van der Waals surface area contributed by atoms with Crippen LogP contribution in [0, 0.1) is 18.7 Å². The van der Waals surface area contributed by atoms with E-state index < -0.39 is 30.2 Å². The molecule has 7 heteroatoms. The molecule has 1 aromatic heterocycles. The van der Waals surface area contributed by atoms with Gasteiger partial charge in [0.1, 0.15) is 11.3 Å². The Labute approximate surface area is 159 Å². The van der Waals surface area contributed by atoms with Gasteiger partial charge in [-0.15, -0.1) is 0 Å². The second-order valence-electron chi connectivity index (χ2n) is 6.63. The van der Waals surface area contributed by atoms with Crippen LogP contribution in [0.4, 0.5) is 23.2 Å². The second-order valence-corrected chi connectivity index (χ2v) is 6.63. The lowest BCUT2D eigenvalue weighted by atomic mass is 9.95. The minimum atomic E-state index is -4.48. The number of halogens is 4. The summed E-state index contributed by atoms with van der Waals surface area (Å²) in [6.45, 7) is 1.57. The molecule has 28 heavy (non-hydrogen) atoms. The summed E-state index contributed by atoms with van der Waals surface area (Å²) < 4.78 is 52.9. The number of hydrogen-bond donors (Lipinski definition) is 1. The van der Waals surface area contributed by atoms with Crippen molar-refractivity contribution in [3.63, 3.8) is 0 Å². The first kappa shape index (κ1) is 19.8. The van der Waals surface area contributed by atoms with Crippen molar-refractivity contribution in [2.75, 3.05) is 5.32 Å². The Hall–Kier alpha value is -2.96. The molecule has 0 fully saturated rings. The highest BCUT2D eigenvalue weighted by Crippen LogP contribution is 2.29. The van der Waals surface area contributed by atoms with Crippen molar-refractivity contribution >= 4 is 22.5 Å². The molecule has 0 aliphatic heterocycles. The van der Waals surface area contributed by atoms with Gasteiger partial charge in [-0.25, -0.2) is 9.37 Å². The number of fused-ring (bicyclic) bond motifs is 1. The van der Waals surface area contributed by atoms with Gasteiger partial charge in [0.2, 0.25) is 5.91 Å². The third kappa shape index (κ3) is 4.85. The number of anilines is 1. The molecule has 3 aromatic rings. The van der Waals surface area contributed by atoms with Gasteiger partial charge in [-0.3, -0.25) is 4.79 Å². The molecular formula is C21H18F4N2O. The first-order chi connectivity index (χ1) is 13.2. The number of rotatable bonds is 5. The van der Waals surface area contributed by atoms with Crippen molar-refractivity contribution in [1.29, 1.82) is 0 Å². The average molecular weight is 390 g/mol. The third-order valence-corrected chi connectivity index (χ3v) is 4.42. The maximum atomic E-state index is 13.8. The quantitative estimate of drug-likeness (QED) is 0.590. The van der Waals surface area contributed by atoms with Gasteiger partial charge in [-0.2, -0.15) is 13.2 Å². The molecule has 0 saturated heterocycles. The zero-order valence-electron chi connectivity index (χ0n) is 15.1. The fourth-order valence-corrected chi connectivity index (χ4v) is 3.05. The van der Waals surface area contributed by atoms with E-state index in [-0.39, 0.29) is 17.6 Å². The predicted molar refractivity (Wildman–Crippen MR) is 99.4 cm³/mol. The normalized spacial score (nSPS) is 12.8. The van der Waals surface area contributed by atoms with Gasteiger partial charge in [0.25, 0.3) is 0 Å². The van der Waals surface area contributed by atoms with Crippen LogP contribution in [0.3, 0.4) is 0 Å². The Morgan fingerprint density at radius 3 is 2.50 bits per heavy atom. The van der Waals surface area contributed by atoms with E-state index in [2.05, 4.69) is 10.3 Å². The second kappa shape index (κ2) is 7.96. The van der Waals surface area contributed by atoms with Crippen LogP contribution in [0.15, 0.2) is 54.6 Å². The Morgan fingerprint density at radius 1 is 1.11 bits per heavy atom. The number of alkyl halides is 3. The summed E-state index contributed by atoms with van der Waals surface area (Å²) >= 11 is 0. The maximum absolute atomic E-state index is 13.8. The molecule has 0 bridgehead atoms. The van der Waals surface area contributed by atoms with Gasteiger partial charge < -0.3 is 5.32 Å². The van der Waals surface area contributed by atoms with Crippen molar-refractivity contribution in [2.45, 2.75) is 25.9 Å². The van der Waals surface area contributed by atoms with Crippen molar-refractivity contribution < 1.29 is 22.4 Å². The topological polar surface area (TPSA) is 42.0 Å². The Bertz CT molecular complexity index is 987. The number of carbonyl (C=O) groups excluding carboxylic acids is 1. The molecule has 0 saturated carbocycles. The number of hydrogen-bond acceptors (Lipinski definition) is 2. The Morgan fingerprint density at radius 2 is 1.82 bits per heavy atom. The van der Waals surface area contributed by atoms with E-state index in [4.69, 9.17) is 0 Å². The fraction of sp³-hybridized carbons (Fsp3) is 0.238. The molecule has 1 N–H and O–H groups in total. The molecule has 0 spiro atoms. The monoisotopic (exact) mass is 390 g/mol. The lowest BCUT2D eigenvalue weighted by Gasteiger charge is -2.19. The van der Waals surface area contributed by atoms with E-state index >= 15 is 0 Å². The van der Waals surface area contributed by atoms with Gasteiger partial charge in [0.15, 0.2) is 0 Å². The van der Waals surface area contributed by atoms with Crippen LogP contribution >= 0.6 is 0 Å². The number of nitrogens with one attached hydrogen (secondary N) is 1. The van der Waals surface area contributed by atoms with E-state index in [9.17, 15) is 22.4 Å². The molecule has 146 valence electrons. The highest BCUT2D eigenvalue weighted by atomic mass is 19.4. The number of benzene rings is 2. The van der Waals surface area contributed by atoms with Gasteiger partial charge in [-0.1, -0.05) is 42.5 Å². The van der Waals surface area contributed by atoms with Gasteiger partial charge in [-0.05, 0) is 31.0 Å². The molecule has 3 nitrogen and oxygen atoms in total. The molecule has 2 aromatic carbocycles. The summed E-state index contributed by atoms with van der Waals surface area (Å²) in [5, 5.41) is 3.00. The SMILES string of the molecule is Cc1nc2c(F)cccc2cc1NC(=O)C(Cc1ccccc1)CC(F)(F)F. The molecule has 1 atom stereocenters. The van der Waals surface area contributed by atoms with Crippen molar-refractivity contribution in [3.8, 4) is 0 Å². The number of para-hydroxylation sites is 1. The lowest BCUT2D eigenvalue weighted by molar-refractivity contribution is -0.152. The molecule has 1 unspecified atom stereocenters. The maximum Gasteiger partial charge on any atom is 0.389 e. The Balaban J connectivity index is 1.86. The molecule has 1 amide bonds. The summed E-state index contributed by atoms with van der Waals surface area (Å²) in [5.74, 6) is -2.54. The average Bonchev–Trinajstić information content (AvgIpc) is 2.62. The Kier molecular flexibility index (Phi) is 5.63. The number of pyridine rings is 1. The number of aryl methyl sites for hydroxylation is 1. The highest BCUT2D eigenvalue weighted by Gasteiger charge is 2.35.